The normalized spacial score (nSPS) is 13.5. The molecule has 1 aliphatic heterocycles. The first-order chi connectivity index (χ1) is 11.9. The highest BCUT2D eigenvalue weighted by Gasteiger charge is 2.22. The van der Waals surface area contributed by atoms with Gasteiger partial charge in [-0.2, -0.15) is 0 Å². The van der Waals surface area contributed by atoms with Gasteiger partial charge in [0.15, 0.2) is 17.6 Å². The number of carbonyl (C=O) groups excluding carboxylic acids is 2. The van der Waals surface area contributed by atoms with Gasteiger partial charge in [0.05, 0.1) is 16.6 Å². The number of ether oxygens (including phenoxy) is 3. The quantitative estimate of drug-likeness (QED) is 0.345. The Morgan fingerprint density at radius 3 is 2.72 bits per heavy atom. The fourth-order valence-corrected chi connectivity index (χ4v) is 2.06. The third-order valence-corrected chi connectivity index (χ3v) is 3.33. The summed E-state index contributed by atoms with van der Waals surface area (Å²) in [6.07, 6.45) is 2.06. The maximum atomic E-state index is 11.8. The molecule has 2 rings (SSSR count). The van der Waals surface area contributed by atoms with Crippen molar-refractivity contribution < 1.29 is 28.7 Å². The van der Waals surface area contributed by atoms with Crippen molar-refractivity contribution >= 4 is 23.6 Å². The summed E-state index contributed by atoms with van der Waals surface area (Å²) in [4.78, 5) is 34.0. The molecular formula is C16H18N2O7. The lowest BCUT2D eigenvalue weighted by Gasteiger charge is -2.11. The van der Waals surface area contributed by atoms with Gasteiger partial charge in [-0.05, 0) is 25.5 Å². The van der Waals surface area contributed by atoms with Crippen molar-refractivity contribution in [2.75, 3.05) is 13.3 Å². The van der Waals surface area contributed by atoms with E-state index in [0.29, 0.717) is 12.3 Å². The third-order valence-electron chi connectivity index (χ3n) is 3.33. The molecule has 1 aromatic rings. The summed E-state index contributed by atoms with van der Waals surface area (Å²) in [6.45, 7) is 3.81. The highest BCUT2D eigenvalue weighted by molar-refractivity contribution is 5.91. The molecule has 1 heterocycles. The van der Waals surface area contributed by atoms with Crippen LogP contribution >= 0.6 is 0 Å². The minimum absolute atomic E-state index is 0.0217. The number of hydrogen-bond acceptors (Lipinski definition) is 7. The average molecular weight is 350 g/mol. The number of benzene rings is 1. The van der Waals surface area contributed by atoms with Gasteiger partial charge in [-0.15, -0.1) is 0 Å². The van der Waals surface area contributed by atoms with Crippen molar-refractivity contribution in [2.45, 2.75) is 26.4 Å². The average Bonchev–Trinajstić information content (AvgIpc) is 3.04. The maximum Gasteiger partial charge on any atom is 0.331 e. The van der Waals surface area contributed by atoms with E-state index in [1.807, 2.05) is 6.92 Å². The first-order valence-corrected chi connectivity index (χ1v) is 7.66. The molecule has 0 radical (unpaired) electrons. The van der Waals surface area contributed by atoms with Crippen LogP contribution in [0.25, 0.3) is 6.08 Å². The van der Waals surface area contributed by atoms with Crippen LogP contribution in [0.5, 0.6) is 11.5 Å². The zero-order valence-corrected chi connectivity index (χ0v) is 13.8. The Bertz CT molecular complexity index is 715. The second kappa shape index (κ2) is 8.13. The molecule has 0 saturated carbocycles. The predicted molar refractivity (Wildman–Crippen MR) is 87.1 cm³/mol. The molecule has 0 spiro atoms. The number of amides is 1. The van der Waals surface area contributed by atoms with Crippen molar-refractivity contribution in [1.82, 2.24) is 5.32 Å². The highest BCUT2D eigenvalue weighted by Crippen LogP contribution is 2.38. The van der Waals surface area contributed by atoms with Crippen LogP contribution in [0.1, 0.15) is 25.8 Å². The largest absolute Gasteiger partial charge is 0.454 e. The van der Waals surface area contributed by atoms with Gasteiger partial charge in [-0.25, -0.2) is 4.79 Å². The molecule has 0 aliphatic carbocycles. The molecule has 0 aromatic heterocycles. The van der Waals surface area contributed by atoms with Crippen LogP contribution in [0.3, 0.4) is 0 Å². The number of nitro benzene ring substituents is 1. The Labute approximate surface area is 143 Å². The number of nitrogens with zero attached hydrogens (tertiary/aromatic N) is 1. The molecule has 134 valence electrons. The molecule has 1 aromatic carbocycles. The van der Waals surface area contributed by atoms with Gasteiger partial charge in [0.1, 0.15) is 0 Å². The zero-order chi connectivity index (χ0) is 18.4. The summed E-state index contributed by atoms with van der Waals surface area (Å²) in [5.74, 6) is -0.567. The molecule has 9 heteroatoms. The van der Waals surface area contributed by atoms with Gasteiger partial charge in [0.2, 0.25) is 6.79 Å². The Morgan fingerprint density at radius 1 is 1.40 bits per heavy atom. The minimum atomic E-state index is -0.963. The molecule has 25 heavy (non-hydrogen) atoms. The predicted octanol–water partition coefficient (Wildman–Crippen LogP) is 1.79. The van der Waals surface area contributed by atoms with Gasteiger partial charge in [0.25, 0.3) is 11.6 Å². The second-order valence-electron chi connectivity index (χ2n) is 5.22. The highest BCUT2D eigenvalue weighted by atomic mass is 16.7. The van der Waals surface area contributed by atoms with Crippen LogP contribution in [0.4, 0.5) is 5.69 Å². The van der Waals surface area contributed by atoms with Crippen molar-refractivity contribution in [3.05, 3.63) is 33.9 Å². The summed E-state index contributed by atoms with van der Waals surface area (Å²) in [7, 11) is 0. The number of rotatable bonds is 7. The van der Waals surface area contributed by atoms with Crippen LogP contribution < -0.4 is 14.8 Å². The first kappa shape index (κ1) is 18.2. The SMILES string of the molecule is CCCNC(=O)[C@@H](C)OC(=O)/C=C/c1cc2c(cc1[N+](=O)[O-])OCO2. The van der Waals surface area contributed by atoms with E-state index in [4.69, 9.17) is 14.2 Å². The van der Waals surface area contributed by atoms with Gasteiger partial charge in [0, 0.05) is 12.6 Å². The van der Waals surface area contributed by atoms with Gasteiger partial charge < -0.3 is 19.5 Å². The lowest BCUT2D eigenvalue weighted by Crippen LogP contribution is -2.35. The van der Waals surface area contributed by atoms with Crippen LogP contribution in [-0.4, -0.2) is 36.2 Å². The molecule has 1 N–H and O–H groups in total. The van der Waals surface area contributed by atoms with E-state index < -0.39 is 22.9 Å². The molecule has 0 unspecified atom stereocenters. The van der Waals surface area contributed by atoms with Gasteiger partial charge >= 0.3 is 5.97 Å². The van der Waals surface area contributed by atoms with Crippen molar-refractivity contribution in [1.29, 1.82) is 0 Å². The lowest BCUT2D eigenvalue weighted by molar-refractivity contribution is -0.385. The fourth-order valence-electron chi connectivity index (χ4n) is 2.06. The molecule has 1 amide bonds. The van der Waals surface area contributed by atoms with E-state index in [1.165, 1.54) is 25.1 Å². The van der Waals surface area contributed by atoms with E-state index in [0.717, 1.165) is 12.5 Å². The summed E-state index contributed by atoms with van der Waals surface area (Å²) < 4.78 is 15.2. The van der Waals surface area contributed by atoms with E-state index in [-0.39, 0.29) is 23.8 Å². The minimum Gasteiger partial charge on any atom is -0.454 e. The van der Waals surface area contributed by atoms with Gasteiger partial charge in [-0.1, -0.05) is 6.92 Å². The summed E-state index contributed by atoms with van der Waals surface area (Å²) in [5.41, 5.74) is -0.0728. The van der Waals surface area contributed by atoms with E-state index >= 15 is 0 Å². The Balaban J connectivity index is 2.07. The van der Waals surface area contributed by atoms with Crippen LogP contribution in [0, 0.1) is 10.1 Å². The summed E-state index contributed by atoms with van der Waals surface area (Å²) in [6, 6.07) is 2.63. The monoisotopic (exact) mass is 350 g/mol. The molecule has 9 nitrogen and oxygen atoms in total. The maximum absolute atomic E-state index is 11.8. The number of nitrogens with one attached hydrogen (secondary N) is 1. The Kier molecular flexibility index (Phi) is 5.93. The van der Waals surface area contributed by atoms with Crippen molar-refractivity contribution in [2.24, 2.45) is 0 Å². The first-order valence-electron chi connectivity index (χ1n) is 7.66. The second-order valence-corrected chi connectivity index (χ2v) is 5.22. The Hall–Kier alpha value is -3.10. The van der Waals surface area contributed by atoms with Crippen LogP contribution in [-0.2, 0) is 14.3 Å². The third kappa shape index (κ3) is 4.69. The molecule has 1 aliphatic rings. The number of esters is 1. The summed E-state index contributed by atoms with van der Waals surface area (Å²) in [5, 5.41) is 13.7. The van der Waals surface area contributed by atoms with E-state index in [9.17, 15) is 19.7 Å². The van der Waals surface area contributed by atoms with Gasteiger partial charge in [-0.3, -0.25) is 14.9 Å². The molecule has 0 bridgehead atoms. The molecular weight excluding hydrogens is 332 g/mol. The smallest absolute Gasteiger partial charge is 0.331 e. The number of nitro groups is 1. The summed E-state index contributed by atoms with van der Waals surface area (Å²) >= 11 is 0. The number of hydrogen-bond donors (Lipinski definition) is 1. The molecule has 1 atom stereocenters. The number of fused-ring (bicyclic) bond motifs is 1. The fraction of sp³-hybridized carbons (Fsp3) is 0.375. The van der Waals surface area contributed by atoms with Crippen LogP contribution in [0.15, 0.2) is 18.2 Å². The van der Waals surface area contributed by atoms with Crippen molar-refractivity contribution in [3.8, 4) is 11.5 Å². The van der Waals surface area contributed by atoms with E-state index in [2.05, 4.69) is 5.32 Å². The zero-order valence-electron chi connectivity index (χ0n) is 13.8. The molecule has 0 saturated heterocycles. The van der Waals surface area contributed by atoms with E-state index in [1.54, 1.807) is 0 Å². The lowest BCUT2D eigenvalue weighted by atomic mass is 10.1. The standard InChI is InChI=1S/C16H18N2O7/c1-3-6-17-16(20)10(2)25-15(19)5-4-11-7-13-14(24-9-23-13)8-12(11)18(21)22/h4-5,7-8,10H,3,6,9H2,1-2H3,(H,17,20)/b5-4+/t10-/m1/s1. The number of carbonyl (C=O) groups is 2. The topological polar surface area (TPSA) is 117 Å². The Morgan fingerprint density at radius 2 is 2.08 bits per heavy atom. The molecule has 0 fully saturated rings. The van der Waals surface area contributed by atoms with Crippen molar-refractivity contribution in [3.63, 3.8) is 0 Å². The van der Waals surface area contributed by atoms with Crippen LogP contribution in [0.2, 0.25) is 0 Å².